The number of carbonyl (C=O) groups excluding carboxylic acids is 1. The predicted octanol–water partition coefficient (Wildman–Crippen LogP) is 3.52. The second kappa shape index (κ2) is 5.96. The number of carbonyl (C=O) groups is 1. The lowest BCUT2D eigenvalue weighted by atomic mass is 10.3. The minimum absolute atomic E-state index is 0.231. The molecule has 0 aliphatic carbocycles. The maximum absolute atomic E-state index is 11.5. The molecule has 0 saturated carbocycles. The highest BCUT2D eigenvalue weighted by molar-refractivity contribution is 7.98. The van der Waals surface area contributed by atoms with Crippen LogP contribution in [0.3, 0.4) is 0 Å². The van der Waals surface area contributed by atoms with Crippen LogP contribution in [0.5, 0.6) is 0 Å². The van der Waals surface area contributed by atoms with E-state index in [-0.39, 0.29) is 6.03 Å². The molecule has 0 saturated heterocycles. The Bertz CT molecular complexity index is 473. The summed E-state index contributed by atoms with van der Waals surface area (Å²) in [7, 11) is 0. The molecule has 86 valence electrons. The molecule has 3 nitrogen and oxygen atoms in total. The number of benzene rings is 2. The Hall–Kier alpha value is -1.94. The molecular weight excluding hydrogens is 232 g/mol. The largest absolute Gasteiger partial charge is 0.329 e. The molecule has 0 aliphatic rings. The van der Waals surface area contributed by atoms with E-state index in [9.17, 15) is 4.79 Å². The zero-order valence-electron chi connectivity index (χ0n) is 9.09. The second-order valence-electron chi connectivity index (χ2n) is 3.34. The minimum atomic E-state index is -0.231. The highest BCUT2D eigenvalue weighted by Gasteiger charge is 2.01. The minimum Gasteiger partial charge on any atom is -0.307 e. The van der Waals surface area contributed by atoms with Crippen molar-refractivity contribution < 1.29 is 4.79 Å². The van der Waals surface area contributed by atoms with E-state index in [4.69, 9.17) is 0 Å². The lowest BCUT2D eigenvalue weighted by Crippen LogP contribution is -2.22. The zero-order chi connectivity index (χ0) is 11.9. The molecule has 2 aromatic rings. The quantitative estimate of drug-likeness (QED) is 0.811. The van der Waals surface area contributed by atoms with Crippen molar-refractivity contribution in [3.05, 3.63) is 60.7 Å². The van der Waals surface area contributed by atoms with Crippen molar-refractivity contribution in [2.24, 2.45) is 0 Å². The van der Waals surface area contributed by atoms with E-state index in [0.717, 1.165) is 10.6 Å². The fourth-order valence-corrected chi connectivity index (χ4v) is 1.83. The van der Waals surface area contributed by atoms with Crippen molar-refractivity contribution in [1.82, 2.24) is 4.72 Å². The van der Waals surface area contributed by atoms with Crippen LogP contribution in [0.15, 0.2) is 65.6 Å². The van der Waals surface area contributed by atoms with Gasteiger partial charge in [0.05, 0.1) is 0 Å². The highest BCUT2D eigenvalue weighted by Crippen LogP contribution is 2.13. The predicted molar refractivity (Wildman–Crippen MR) is 70.9 cm³/mol. The van der Waals surface area contributed by atoms with E-state index < -0.39 is 0 Å². The van der Waals surface area contributed by atoms with Gasteiger partial charge in [-0.15, -0.1) is 0 Å². The first-order valence-electron chi connectivity index (χ1n) is 5.18. The van der Waals surface area contributed by atoms with Gasteiger partial charge in [-0.3, -0.25) is 4.72 Å². The van der Waals surface area contributed by atoms with Crippen LogP contribution in [0.2, 0.25) is 0 Å². The number of hydrogen-bond acceptors (Lipinski definition) is 2. The molecule has 0 aromatic heterocycles. The number of amides is 2. The smallest absolute Gasteiger partial charge is 0.307 e. The SMILES string of the molecule is O=C(NSc1ccccc1)Nc1ccccc1. The summed E-state index contributed by atoms with van der Waals surface area (Å²) in [6, 6.07) is 18.8. The molecule has 2 aromatic carbocycles. The molecule has 0 atom stereocenters. The molecular formula is C13H12N2OS. The summed E-state index contributed by atoms with van der Waals surface area (Å²) in [6.07, 6.45) is 0. The molecule has 17 heavy (non-hydrogen) atoms. The Balaban J connectivity index is 1.83. The fraction of sp³-hybridized carbons (Fsp3) is 0. The lowest BCUT2D eigenvalue weighted by molar-refractivity contribution is 0.257. The van der Waals surface area contributed by atoms with E-state index in [1.807, 2.05) is 60.7 Å². The summed E-state index contributed by atoms with van der Waals surface area (Å²) >= 11 is 1.29. The summed E-state index contributed by atoms with van der Waals surface area (Å²) < 4.78 is 2.71. The Labute approximate surface area is 104 Å². The van der Waals surface area contributed by atoms with Crippen molar-refractivity contribution in [3.8, 4) is 0 Å². The number of nitrogens with one attached hydrogen (secondary N) is 2. The molecule has 0 fully saturated rings. The molecule has 0 heterocycles. The van der Waals surface area contributed by atoms with Crippen LogP contribution in [-0.2, 0) is 0 Å². The van der Waals surface area contributed by atoms with Crippen LogP contribution in [0.25, 0.3) is 0 Å². The van der Waals surface area contributed by atoms with Crippen LogP contribution in [0, 0.1) is 0 Å². The van der Waals surface area contributed by atoms with Gasteiger partial charge >= 0.3 is 6.03 Å². The van der Waals surface area contributed by atoms with Gasteiger partial charge in [-0.25, -0.2) is 4.79 Å². The first kappa shape index (κ1) is 11.5. The van der Waals surface area contributed by atoms with Crippen LogP contribution >= 0.6 is 11.9 Å². The van der Waals surface area contributed by atoms with Crippen molar-refractivity contribution in [1.29, 1.82) is 0 Å². The lowest BCUT2D eigenvalue weighted by Gasteiger charge is -2.06. The molecule has 0 radical (unpaired) electrons. The number of urea groups is 1. The number of rotatable bonds is 3. The fourth-order valence-electron chi connectivity index (χ4n) is 1.27. The van der Waals surface area contributed by atoms with Crippen LogP contribution < -0.4 is 10.0 Å². The van der Waals surface area contributed by atoms with Gasteiger partial charge in [-0.2, -0.15) is 0 Å². The maximum Gasteiger partial charge on any atom is 0.329 e. The molecule has 2 N–H and O–H groups in total. The van der Waals surface area contributed by atoms with Crippen molar-refractivity contribution in [3.63, 3.8) is 0 Å². The highest BCUT2D eigenvalue weighted by atomic mass is 32.2. The molecule has 2 amide bonds. The normalized spacial score (nSPS) is 9.65. The third-order valence-corrected chi connectivity index (χ3v) is 2.83. The van der Waals surface area contributed by atoms with Gasteiger partial charge in [-0.1, -0.05) is 36.4 Å². The van der Waals surface area contributed by atoms with Gasteiger partial charge in [0.1, 0.15) is 0 Å². The Kier molecular flexibility index (Phi) is 4.05. The van der Waals surface area contributed by atoms with Crippen molar-refractivity contribution in [2.45, 2.75) is 4.90 Å². The van der Waals surface area contributed by atoms with Crippen molar-refractivity contribution in [2.75, 3.05) is 5.32 Å². The second-order valence-corrected chi connectivity index (χ2v) is 4.22. The summed E-state index contributed by atoms with van der Waals surface area (Å²) in [6.45, 7) is 0. The Morgan fingerprint density at radius 3 is 2.12 bits per heavy atom. The van der Waals surface area contributed by atoms with Gasteiger partial charge in [0.25, 0.3) is 0 Å². The monoisotopic (exact) mass is 244 g/mol. The van der Waals surface area contributed by atoms with Gasteiger partial charge in [0, 0.05) is 10.6 Å². The number of anilines is 1. The summed E-state index contributed by atoms with van der Waals surface area (Å²) in [5.74, 6) is 0. The Morgan fingerprint density at radius 2 is 1.47 bits per heavy atom. The standard InChI is InChI=1S/C13H12N2OS/c16-13(14-11-7-3-1-4-8-11)15-17-12-9-5-2-6-10-12/h1-10H,(H2,14,15,16). The van der Waals surface area contributed by atoms with E-state index in [1.54, 1.807) is 0 Å². The number of hydrogen-bond donors (Lipinski definition) is 2. The number of para-hydroxylation sites is 1. The van der Waals surface area contributed by atoms with Crippen molar-refractivity contribution >= 4 is 23.7 Å². The van der Waals surface area contributed by atoms with Crippen LogP contribution in [-0.4, -0.2) is 6.03 Å². The first-order chi connectivity index (χ1) is 8.34. The molecule has 2 rings (SSSR count). The summed E-state index contributed by atoms with van der Waals surface area (Å²) in [4.78, 5) is 12.5. The summed E-state index contributed by atoms with van der Waals surface area (Å²) in [5, 5.41) is 2.74. The third-order valence-electron chi connectivity index (χ3n) is 2.04. The van der Waals surface area contributed by atoms with E-state index in [2.05, 4.69) is 10.0 Å². The average Bonchev–Trinajstić information content (AvgIpc) is 2.39. The van der Waals surface area contributed by atoms with E-state index >= 15 is 0 Å². The molecule has 0 spiro atoms. The van der Waals surface area contributed by atoms with Crippen LogP contribution in [0.4, 0.5) is 10.5 Å². The maximum atomic E-state index is 11.5. The van der Waals surface area contributed by atoms with Crippen LogP contribution in [0.1, 0.15) is 0 Å². The summed E-state index contributed by atoms with van der Waals surface area (Å²) in [5.41, 5.74) is 0.777. The molecule has 4 heteroatoms. The Morgan fingerprint density at radius 1 is 0.882 bits per heavy atom. The first-order valence-corrected chi connectivity index (χ1v) is 6.00. The average molecular weight is 244 g/mol. The molecule has 0 aliphatic heterocycles. The van der Waals surface area contributed by atoms with E-state index in [1.165, 1.54) is 11.9 Å². The van der Waals surface area contributed by atoms with Gasteiger partial charge in [0.2, 0.25) is 0 Å². The molecule has 0 bridgehead atoms. The topological polar surface area (TPSA) is 41.1 Å². The van der Waals surface area contributed by atoms with Gasteiger partial charge < -0.3 is 5.32 Å². The third kappa shape index (κ3) is 3.85. The van der Waals surface area contributed by atoms with Gasteiger partial charge in [-0.05, 0) is 36.2 Å². The molecule has 0 unspecified atom stereocenters. The van der Waals surface area contributed by atoms with E-state index in [0.29, 0.717) is 0 Å². The van der Waals surface area contributed by atoms with Gasteiger partial charge in [0.15, 0.2) is 0 Å². The zero-order valence-corrected chi connectivity index (χ0v) is 9.91.